The Morgan fingerprint density at radius 3 is 2.53 bits per heavy atom. The SMILES string of the molecule is Fc1cc2c(c(F)c1F)C1(CCNCC1)OC2. The van der Waals surface area contributed by atoms with Gasteiger partial charge in [0.1, 0.15) is 0 Å². The third-order valence-corrected chi connectivity index (χ3v) is 3.61. The van der Waals surface area contributed by atoms with Crippen LogP contribution in [0.4, 0.5) is 13.2 Å². The Morgan fingerprint density at radius 1 is 1.12 bits per heavy atom. The summed E-state index contributed by atoms with van der Waals surface area (Å²) in [6.45, 7) is 1.54. The first-order valence-electron chi connectivity index (χ1n) is 5.65. The number of fused-ring (bicyclic) bond motifs is 2. The van der Waals surface area contributed by atoms with Gasteiger partial charge in [0.05, 0.1) is 12.2 Å². The Balaban J connectivity index is 2.15. The Labute approximate surface area is 96.8 Å². The van der Waals surface area contributed by atoms with Crippen LogP contribution in [0.25, 0.3) is 0 Å². The van der Waals surface area contributed by atoms with Crippen molar-refractivity contribution in [3.05, 3.63) is 34.6 Å². The molecule has 0 radical (unpaired) electrons. The molecule has 2 aliphatic heterocycles. The van der Waals surface area contributed by atoms with Gasteiger partial charge in [-0.15, -0.1) is 0 Å². The Morgan fingerprint density at radius 2 is 1.82 bits per heavy atom. The quantitative estimate of drug-likeness (QED) is 0.705. The molecule has 1 fully saturated rings. The topological polar surface area (TPSA) is 21.3 Å². The predicted octanol–water partition coefficient (Wildman–Crippen LogP) is 2.21. The maximum absolute atomic E-state index is 13.9. The van der Waals surface area contributed by atoms with Gasteiger partial charge in [0.2, 0.25) is 0 Å². The first-order chi connectivity index (χ1) is 8.14. The molecule has 0 atom stereocenters. The molecule has 1 aromatic carbocycles. The smallest absolute Gasteiger partial charge is 0.194 e. The molecule has 0 amide bonds. The number of rotatable bonds is 0. The van der Waals surface area contributed by atoms with E-state index in [1.807, 2.05) is 0 Å². The number of hydrogen-bond acceptors (Lipinski definition) is 2. The highest BCUT2D eigenvalue weighted by Gasteiger charge is 2.44. The zero-order valence-corrected chi connectivity index (χ0v) is 9.16. The highest BCUT2D eigenvalue weighted by molar-refractivity contribution is 5.38. The number of nitrogens with one attached hydrogen (secondary N) is 1. The predicted molar refractivity (Wildman–Crippen MR) is 54.9 cm³/mol. The molecule has 5 heteroatoms. The van der Waals surface area contributed by atoms with E-state index in [0.29, 0.717) is 31.5 Å². The second kappa shape index (κ2) is 3.71. The van der Waals surface area contributed by atoms with E-state index >= 15 is 0 Å². The molecule has 1 spiro atoms. The van der Waals surface area contributed by atoms with Gasteiger partial charge in [0.15, 0.2) is 17.5 Å². The largest absolute Gasteiger partial charge is 0.365 e. The molecule has 1 N–H and O–H groups in total. The molecular weight excluding hydrogens is 231 g/mol. The lowest BCUT2D eigenvalue weighted by atomic mass is 9.84. The molecule has 0 bridgehead atoms. The molecule has 2 heterocycles. The van der Waals surface area contributed by atoms with Crippen molar-refractivity contribution < 1.29 is 17.9 Å². The minimum Gasteiger partial charge on any atom is -0.365 e. The lowest BCUT2D eigenvalue weighted by Gasteiger charge is -2.34. The van der Waals surface area contributed by atoms with Crippen LogP contribution < -0.4 is 5.32 Å². The Hall–Kier alpha value is -1.07. The van der Waals surface area contributed by atoms with Gasteiger partial charge in [-0.05, 0) is 37.6 Å². The van der Waals surface area contributed by atoms with Gasteiger partial charge in [-0.25, -0.2) is 13.2 Å². The second-order valence-electron chi connectivity index (χ2n) is 4.55. The van der Waals surface area contributed by atoms with Gasteiger partial charge in [-0.2, -0.15) is 0 Å². The fraction of sp³-hybridized carbons (Fsp3) is 0.500. The van der Waals surface area contributed by atoms with Crippen molar-refractivity contribution in [1.29, 1.82) is 0 Å². The lowest BCUT2D eigenvalue weighted by Crippen LogP contribution is -2.40. The van der Waals surface area contributed by atoms with Gasteiger partial charge < -0.3 is 10.1 Å². The van der Waals surface area contributed by atoms with Crippen LogP contribution in [0.1, 0.15) is 24.0 Å². The molecule has 0 aliphatic carbocycles. The van der Waals surface area contributed by atoms with E-state index in [1.54, 1.807) is 0 Å². The summed E-state index contributed by atoms with van der Waals surface area (Å²) in [4.78, 5) is 0. The number of halogens is 3. The summed E-state index contributed by atoms with van der Waals surface area (Å²) in [6.07, 6.45) is 1.17. The van der Waals surface area contributed by atoms with E-state index in [2.05, 4.69) is 5.32 Å². The van der Waals surface area contributed by atoms with Crippen LogP contribution in [0.2, 0.25) is 0 Å². The summed E-state index contributed by atoms with van der Waals surface area (Å²) in [5.41, 5.74) is -0.111. The van der Waals surface area contributed by atoms with Crippen LogP contribution >= 0.6 is 0 Å². The third kappa shape index (κ3) is 1.49. The van der Waals surface area contributed by atoms with Crippen molar-refractivity contribution in [3.63, 3.8) is 0 Å². The maximum atomic E-state index is 13.9. The number of benzene rings is 1. The molecule has 1 saturated heterocycles. The monoisotopic (exact) mass is 243 g/mol. The van der Waals surface area contributed by atoms with Crippen LogP contribution in [0.3, 0.4) is 0 Å². The van der Waals surface area contributed by atoms with Crippen molar-refractivity contribution in [3.8, 4) is 0 Å². The highest BCUT2D eigenvalue weighted by atomic mass is 19.2. The molecule has 2 nitrogen and oxygen atoms in total. The fourth-order valence-electron chi connectivity index (χ4n) is 2.76. The molecule has 1 aromatic rings. The van der Waals surface area contributed by atoms with Gasteiger partial charge in [0.25, 0.3) is 0 Å². The minimum absolute atomic E-state index is 0.156. The van der Waals surface area contributed by atoms with Crippen molar-refractivity contribution in [2.45, 2.75) is 25.0 Å². The third-order valence-electron chi connectivity index (χ3n) is 3.61. The van der Waals surface area contributed by atoms with Crippen LogP contribution in [0.5, 0.6) is 0 Å². The average molecular weight is 243 g/mol. The van der Waals surface area contributed by atoms with Crippen molar-refractivity contribution >= 4 is 0 Å². The van der Waals surface area contributed by atoms with Gasteiger partial charge in [-0.3, -0.25) is 0 Å². The molecule has 0 unspecified atom stereocenters. The molecule has 0 saturated carbocycles. The summed E-state index contributed by atoms with van der Waals surface area (Å²) >= 11 is 0. The molecule has 92 valence electrons. The average Bonchev–Trinajstić information content (AvgIpc) is 2.66. The molecule has 3 rings (SSSR count). The zero-order valence-electron chi connectivity index (χ0n) is 9.16. The van der Waals surface area contributed by atoms with Crippen LogP contribution in [-0.4, -0.2) is 13.1 Å². The Kier molecular flexibility index (Phi) is 2.41. The molecular formula is C12H12F3NO. The van der Waals surface area contributed by atoms with Crippen LogP contribution in [-0.2, 0) is 16.9 Å². The Bertz CT molecular complexity index is 469. The lowest BCUT2D eigenvalue weighted by molar-refractivity contribution is -0.0608. The van der Waals surface area contributed by atoms with E-state index in [9.17, 15) is 13.2 Å². The van der Waals surface area contributed by atoms with E-state index in [-0.39, 0.29) is 12.2 Å². The van der Waals surface area contributed by atoms with Crippen LogP contribution in [0.15, 0.2) is 6.07 Å². The molecule has 17 heavy (non-hydrogen) atoms. The number of hydrogen-bond donors (Lipinski definition) is 1. The fourth-order valence-corrected chi connectivity index (χ4v) is 2.76. The molecule has 0 aromatic heterocycles. The second-order valence-corrected chi connectivity index (χ2v) is 4.55. The first kappa shape index (κ1) is 11.0. The standard InChI is InChI=1S/C12H12F3NO/c13-8-5-7-6-17-12(1-3-16-4-2-12)9(7)11(15)10(8)14/h5,16H,1-4,6H2. The maximum Gasteiger partial charge on any atom is 0.194 e. The van der Waals surface area contributed by atoms with Gasteiger partial charge in [-0.1, -0.05) is 0 Å². The number of piperidine rings is 1. The van der Waals surface area contributed by atoms with E-state index in [1.165, 1.54) is 0 Å². The van der Waals surface area contributed by atoms with E-state index < -0.39 is 23.1 Å². The van der Waals surface area contributed by atoms with Crippen LogP contribution in [0, 0.1) is 17.5 Å². The summed E-state index contributed by atoms with van der Waals surface area (Å²) in [5, 5.41) is 3.14. The summed E-state index contributed by atoms with van der Waals surface area (Å²) in [6, 6.07) is 1.05. The first-order valence-corrected chi connectivity index (χ1v) is 5.65. The van der Waals surface area contributed by atoms with Gasteiger partial charge >= 0.3 is 0 Å². The highest BCUT2D eigenvalue weighted by Crippen LogP contribution is 2.45. The zero-order chi connectivity index (χ0) is 12.0. The normalized spacial score (nSPS) is 21.8. The van der Waals surface area contributed by atoms with Crippen molar-refractivity contribution in [1.82, 2.24) is 5.32 Å². The van der Waals surface area contributed by atoms with Crippen molar-refractivity contribution in [2.75, 3.05) is 13.1 Å². The summed E-state index contributed by atoms with van der Waals surface area (Å²) in [5.74, 6) is -3.62. The van der Waals surface area contributed by atoms with Crippen molar-refractivity contribution in [2.24, 2.45) is 0 Å². The van der Waals surface area contributed by atoms with E-state index in [0.717, 1.165) is 6.07 Å². The van der Waals surface area contributed by atoms with Gasteiger partial charge in [0, 0.05) is 5.56 Å². The number of ether oxygens (including phenoxy) is 1. The summed E-state index contributed by atoms with van der Waals surface area (Å²) in [7, 11) is 0. The minimum atomic E-state index is -1.40. The molecule has 2 aliphatic rings. The summed E-state index contributed by atoms with van der Waals surface area (Å²) < 4.78 is 45.9. The van der Waals surface area contributed by atoms with E-state index in [4.69, 9.17) is 4.74 Å².